The molecule has 5 heteroatoms. The van der Waals surface area contributed by atoms with E-state index >= 15 is 0 Å². The van der Waals surface area contributed by atoms with Crippen LogP contribution in [-0.2, 0) is 13.6 Å². The molecule has 0 aliphatic carbocycles. The maximum absolute atomic E-state index is 4.93. The second-order valence-corrected chi connectivity index (χ2v) is 3.17. The summed E-state index contributed by atoms with van der Waals surface area (Å²) >= 11 is 0. The lowest BCUT2D eigenvalue weighted by molar-refractivity contribution is 0.399. The summed E-state index contributed by atoms with van der Waals surface area (Å²) in [6.07, 6.45) is 3.59. The van der Waals surface area contributed by atoms with E-state index in [1.807, 2.05) is 30.8 Å². The van der Waals surface area contributed by atoms with Gasteiger partial charge in [-0.15, -0.1) is 0 Å². The van der Waals surface area contributed by atoms with Gasteiger partial charge in [-0.05, 0) is 6.92 Å². The molecule has 0 radical (unpaired) electrons. The molecule has 74 valence electrons. The largest absolute Gasteiger partial charge is 0.362 e. The van der Waals surface area contributed by atoms with Crippen LogP contribution in [0.25, 0.3) is 0 Å². The maximum Gasteiger partial charge on any atom is 0.169 e. The van der Waals surface area contributed by atoms with Crippen LogP contribution in [0, 0.1) is 6.92 Å². The maximum atomic E-state index is 4.93. The van der Waals surface area contributed by atoms with Gasteiger partial charge in [0.25, 0.3) is 0 Å². The van der Waals surface area contributed by atoms with E-state index < -0.39 is 0 Å². The zero-order chi connectivity index (χ0) is 9.97. The van der Waals surface area contributed by atoms with Crippen molar-refractivity contribution in [2.24, 2.45) is 7.05 Å². The molecule has 0 aromatic carbocycles. The molecule has 0 aliphatic rings. The summed E-state index contributed by atoms with van der Waals surface area (Å²) < 4.78 is 6.89. The molecule has 0 spiro atoms. The number of hydrogen-bond acceptors (Lipinski definition) is 4. The minimum Gasteiger partial charge on any atom is -0.362 e. The van der Waals surface area contributed by atoms with Crippen molar-refractivity contribution in [2.45, 2.75) is 13.5 Å². The van der Waals surface area contributed by atoms with Gasteiger partial charge < -0.3 is 14.4 Å². The molecule has 0 fully saturated rings. The minimum atomic E-state index is 0.697. The highest BCUT2D eigenvalue weighted by atomic mass is 16.5. The number of anilines is 1. The van der Waals surface area contributed by atoms with Gasteiger partial charge in [0.05, 0.1) is 18.6 Å². The fourth-order valence-electron chi connectivity index (χ4n) is 1.19. The number of aromatic nitrogens is 3. The SMILES string of the molecule is Cc1cc(NCc2cncn2C)no1. The van der Waals surface area contributed by atoms with E-state index in [-0.39, 0.29) is 0 Å². The van der Waals surface area contributed by atoms with Crippen molar-refractivity contribution >= 4 is 5.82 Å². The number of nitrogens with zero attached hydrogens (tertiary/aromatic N) is 3. The number of aryl methyl sites for hydroxylation is 2. The quantitative estimate of drug-likeness (QED) is 0.797. The van der Waals surface area contributed by atoms with Crippen LogP contribution in [0.1, 0.15) is 11.5 Å². The predicted octanol–water partition coefficient (Wildman–Crippen LogP) is 1.33. The highest BCUT2D eigenvalue weighted by Gasteiger charge is 2.01. The van der Waals surface area contributed by atoms with Crippen LogP contribution in [-0.4, -0.2) is 14.7 Å². The van der Waals surface area contributed by atoms with Gasteiger partial charge in [-0.3, -0.25) is 0 Å². The summed E-state index contributed by atoms with van der Waals surface area (Å²) in [5.41, 5.74) is 1.10. The van der Waals surface area contributed by atoms with Gasteiger partial charge in [0.2, 0.25) is 0 Å². The van der Waals surface area contributed by atoms with Crippen molar-refractivity contribution in [3.05, 3.63) is 30.0 Å². The first-order valence-corrected chi connectivity index (χ1v) is 4.38. The molecule has 0 amide bonds. The average molecular weight is 192 g/mol. The molecule has 2 aromatic heterocycles. The number of imidazole rings is 1. The Balaban J connectivity index is 1.98. The Morgan fingerprint density at radius 1 is 1.57 bits per heavy atom. The van der Waals surface area contributed by atoms with Crippen molar-refractivity contribution < 1.29 is 4.52 Å². The summed E-state index contributed by atoms with van der Waals surface area (Å²) in [5.74, 6) is 1.56. The first-order chi connectivity index (χ1) is 6.75. The standard InChI is InChI=1S/C9H12N4O/c1-7-3-9(12-14-7)11-5-8-4-10-6-13(8)2/h3-4,6H,5H2,1-2H3,(H,11,12). The molecule has 2 aromatic rings. The summed E-state index contributed by atoms with van der Waals surface area (Å²) in [5, 5.41) is 6.97. The van der Waals surface area contributed by atoms with Gasteiger partial charge in [0.1, 0.15) is 5.76 Å². The van der Waals surface area contributed by atoms with Crippen LogP contribution in [0.4, 0.5) is 5.82 Å². The third-order valence-electron chi connectivity index (χ3n) is 2.00. The summed E-state index contributed by atoms with van der Waals surface area (Å²) in [6, 6.07) is 1.86. The third kappa shape index (κ3) is 1.76. The molecule has 0 unspecified atom stereocenters. The first kappa shape index (κ1) is 8.80. The first-order valence-electron chi connectivity index (χ1n) is 4.38. The molecule has 0 saturated heterocycles. The molecule has 0 saturated carbocycles. The zero-order valence-electron chi connectivity index (χ0n) is 8.19. The lowest BCUT2D eigenvalue weighted by Crippen LogP contribution is -2.03. The Labute approximate surface area is 81.7 Å². The predicted molar refractivity (Wildman–Crippen MR) is 51.8 cm³/mol. The lowest BCUT2D eigenvalue weighted by Gasteiger charge is -2.01. The Morgan fingerprint density at radius 2 is 2.43 bits per heavy atom. The van der Waals surface area contributed by atoms with E-state index in [1.54, 1.807) is 6.33 Å². The molecule has 0 atom stereocenters. The number of nitrogens with one attached hydrogen (secondary N) is 1. The van der Waals surface area contributed by atoms with Crippen molar-refractivity contribution in [1.29, 1.82) is 0 Å². The van der Waals surface area contributed by atoms with Crippen molar-refractivity contribution in [3.8, 4) is 0 Å². The zero-order valence-corrected chi connectivity index (χ0v) is 8.19. The smallest absolute Gasteiger partial charge is 0.169 e. The van der Waals surface area contributed by atoms with Gasteiger partial charge in [0, 0.05) is 19.3 Å². The van der Waals surface area contributed by atoms with E-state index in [0.717, 1.165) is 17.3 Å². The van der Waals surface area contributed by atoms with Crippen LogP contribution in [0.15, 0.2) is 23.1 Å². The van der Waals surface area contributed by atoms with Crippen LogP contribution >= 0.6 is 0 Å². The highest BCUT2D eigenvalue weighted by Crippen LogP contribution is 2.08. The highest BCUT2D eigenvalue weighted by molar-refractivity contribution is 5.33. The Kier molecular flexibility index (Phi) is 2.22. The molecule has 2 rings (SSSR count). The minimum absolute atomic E-state index is 0.697. The molecule has 0 aliphatic heterocycles. The summed E-state index contributed by atoms with van der Waals surface area (Å²) in [4.78, 5) is 4.02. The van der Waals surface area contributed by atoms with Crippen LogP contribution in [0.2, 0.25) is 0 Å². The van der Waals surface area contributed by atoms with Gasteiger partial charge in [-0.2, -0.15) is 0 Å². The monoisotopic (exact) mass is 192 g/mol. The van der Waals surface area contributed by atoms with Gasteiger partial charge in [-0.25, -0.2) is 4.98 Å². The molecule has 2 heterocycles. The average Bonchev–Trinajstić information content (AvgIpc) is 2.72. The van der Waals surface area contributed by atoms with E-state index in [0.29, 0.717) is 6.54 Å². The Hall–Kier alpha value is -1.78. The number of rotatable bonds is 3. The van der Waals surface area contributed by atoms with E-state index in [2.05, 4.69) is 15.5 Å². The molecular weight excluding hydrogens is 180 g/mol. The van der Waals surface area contributed by atoms with Crippen molar-refractivity contribution in [2.75, 3.05) is 5.32 Å². The van der Waals surface area contributed by atoms with Crippen molar-refractivity contribution in [1.82, 2.24) is 14.7 Å². The van der Waals surface area contributed by atoms with Crippen molar-refractivity contribution in [3.63, 3.8) is 0 Å². The molecule has 1 N–H and O–H groups in total. The summed E-state index contributed by atoms with van der Waals surface area (Å²) in [6.45, 7) is 2.56. The fraction of sp³-hybridized carbons (Fsp3) is 0.333. The molecule has 0 bridgehead atoms. The molecule has 5 nitrogen and oxygen atoms in total. The second kappa shape index (κ2) is 3.53. The molecular formula is C9H12N4O. The van der Waals surface area contributed by atoms with Gasteiger partial charge >= 0.3 is 0 Å². The van der Waals surface area contributed by atoms with E-state index in [9.17, 15) is 0 Å². The fourth-order valence-corrected chi connectivity index (χ4v) is 1.19. The van der Waals surface area contributed by atoms with Crippen LogP contribution in [0.3, 0.4) is 0 Å². The van der Waals surface area contributed by atoms with Crippen LogP contribution < -0.4 is 5.32 Å². The normalized spacial score (nSPS) is 10.4. The van der Waals surface area contributed by atoms with E-state index in [4.69, 9.17) is 4.52 Å². The number of hydrogen-bond donors (Lipinski definition) is 1. The summed E-state index contributed by atoms with van der Waals surface area (Å²) in [7, 11) is 1.96. The second-order valence-electron chi connectivity index (χ2n) is 3.17. The van der Waals surface area contributed by atoms with Crippen LogP contribution in [0.5, 0.6) is 0 Å². The van der Waals surface area contributed by atoms with Gasteiger partial charge in [-0.1, -0.05) is 5.16 Å². The Bertz CT molecular complexity index is 418. The lowest BCUT2D eigenvalue weighted by atomic mass is 10.4. The van der Waals surface area contributed by atoms with Gasteiger partial charge in [0.15, 0.2) is 5.82 Å². The Morgan fingerprint density at radius 3 is 3.00 bits per heavy atom. The van der Waals surface area contributed by atoms with E-state index in [1.165, 1.54) is 0 Å². The third-order valence-corrected chi connectivity index (χ3v) is 2.00. The topological polar surface area (TPSA) is 55.9 Å². The molecule has 14 heavy (non-hydrogen) atoms.